The first kappa shape index (κ1) is 19.2. The van der Waals surface area contributed by atoms with Crippen LogP contribution in [0.2, 0.25) is 0 Å². The summed E-state index contributed by atoms with van der Waals surface area (Å²) >= 11 is 21.3. The molecule has 1 amide bonds. The molecule has 0 aromatic heterocycles. The zero-order chi connectivity index (χ0) is 17.7. The summed E-state index contributed by atoms with van der Waals surface area (Å²) in [5.74, 6) is 0.274. The summed E-state index contributed by atoms with van der Waals surface area (Å²) in [6.45, 7) is 0. The molecule has 24 heavy (non-hydrogen) atoms. The summed E-state index contributed by atoms with van der Waals surface area (Å²) in [5, 5.41) is 5.67. The SMILES string of the molecule is COc1ccc(C(=O)NC(Nc2ccc(Br)cc2)C(Cl)(Cl)Cl)cc1. The van der Waals surface area contributed by atoms with E-state index in [-0.39, 0.29) is 5.91 Å². The highest BCUT2D eigenvalue weighted by atomic mass is 79.9. The fourth-order valence-corrected chi connectivity index (χ4v) is 2.46. The minimum absolute atomic E-state index is 0.376. The molecule has 0 aliphatic heterocycles. The van der Waals surface area contributed by atoms with Crippen LogP contribution in [0.5, 0.6) is 5.75 Å². The predicted molar refractivity (Wildman–Crippen MR) is 102 cm³/mol. The van der Waals surface area contributed by atoms with Crippen molar-refractivity contribution in [1.82, 2.24) is 5.32 Å². The molecule has 4 nitrogen and oxygen atoms in total. The van der Waals surface area contributed by atoms with E-state index in [1.165, 1.54) is 0 Å². The molecule has 128 valence electrons. The van der Waals surface area contributed by atoms with Crippen molar-refractivity contribution in [1.29, 1.82) is 0 Å². The molecule has 0 heterocycles. The van der Waals surface area contributed by atoms with E-state index in [9.17, 15) is 4.79 Å². The standard InChI is InChI=1S/C16H14BrCl3N2O2/c1-24-13-8-2-10(3-9-13)14(23)22-15(16(18,19)20)21-12-6-4-11(17)5-7-12/h2-9,15,21H,1H3,(H,22,23). The van der Waals surface area contributed by atoms with Crippen molar-refractivity contribution in [3.05, 3.63) is 58.6 Å². The number of amides is 1. The average molecular weight is 453 g/mol. The second-order valence-electron chi connectivity index (χ2n) is 4.83. The number of alkyl halides is 3. The van der Waals surface area contributed by atoms with Crippen molar-refractivity contribution in [2.24, 2.45) is 0 Å². The number of nitrogens with one attached hydrogen (secondary N) is 2. The van der Waals surface area contributed by atoms with E-state index in [1.54, 1.807) is 43.5 Å². The van der Waals surface area contributed by atoms with E-state index in [0.29, 0.717) is 17.0 Å². The van der Waals surface area contributed by atoms with Crippen molar-refractivity contribution in [2.75, 3.05) is 12.4 Å². The maximum absolute atomic E-state index is 12.4. The van der Waals surface area contributed by atoms with Gasteiger partial charge in [-0.05, 0) is 48.5 Å². The topological polar surface area (TPSA) is 50.4 Å². The lowest BCUT2D eigenvalue weighted by molar-refractivity contribution is 0.0942. The highest BCUT2D eigenvalue weighted by molar-refractivity contribution is 9.10. The van der Waals surface area contributed by atoms with Gasteiger partial charge >= 0.3 is 0 Å². The van der Waals surface area contributed by atoms with Crippen LogP contribution in [0, 0.1) is 0 Å². The van der Waals surface area contributed by atoms with E-state index in [4.69, 9.17) is 39.5 Å². The Kier molecular flexibility index (Phi) is 6.63. The predicted octanol–water partition coefficient (Wildman–Crippen LogP) is 5.00. The molecule has 0 aliphatic carbocycles. The van der Waals surface area contributed by atoms with Gasteiger partial charge in [0, 0.05) is 15.7 Å². The second kappa shape index (κ2) is 8.30. The van der Waals surface area contributed by atoms with Crippen LogP contribution in [0.3, 0.4) is 0 Å². The van der Waals surface area contributed by atoms with Crippen molar-refractivity contribution >= 4 is 62.3 Å². The van der Waals surface area contributed by atoms with Crippen molar-refractivity contribution in [3.63, 3.8) is 0 Å². The quantitative estimate of drug-likeness (QED) is 0.496. The summed E-state index contributed by atoms with van der Waals surface area (Å²) < 4.78 is 4.24. The van der Waals surface area contributed by atoms with Gasteiger partial charge in [0.1, 0.15) is 11.9 Å². The summed E-state index contributed by atoms with van der Waals surface area (Å²) in [4.78, 5) is 12.4. The van der Waals surface area contributed by atoms with E-state index in [1.807, 2.05) is 12.1 Å². The molecule has 0 saturated heterocycles. The second-order valence-corrected chi connectivity index (χ2v) is 8.11. The number of hydrogen-bond acceptors (Lipinski definition) is 3. The molecule has 0 spiro atoms. The lowest BCUT2D eigenvalue weighted by Crippen LogP contribution is -2.49. The monoisotopic (exact) mass is 450 g/mol. The van der Waals surface area contributed by atoms with E-state index >= 15 is 0 Å². The Morgan fingerprint density at radius 2 is 1.67 bits per heavy atom. The van der Waals surface area contributed by atoms with Crippen molar-refractivity contribution in [2.45, 2.75) is 9.96 Å². The first-order chi connectivity index (χ1) is 11.3. The Labute approximate surface area is 163 Å². The minimum Gasteiger partial charge on any atom is -0.497 e. The summed E-state index contributed by atoms with van der Waals surface area (Å²) in [6, 6.07) is 13.9. The van der Waals surface area contributed by atoms with Crippen LogP contribution in [0.4, 0.5) is 5.69 Å². The van der Waals surface area contributed by atoms with Crippen LogP contribution in [-0.2, 0) is 0 Å². The number of benzene rings is 2. The molecular weight excluding hydrogens is 438 g/mol. The van der Waals surface area contributed by atoms with Crippen LogP contribution < -0.4 is 15.4 Å². The fraction of sp³-hybridized carbons (Fsp3) is 0.188. The molecule has 2 aromatic carbocycles. The fourth-order valence-electron chi connectivity index (χ4n) is 1.87. The zero-order valence-electron chi connectivity index (χ0n) is 12.5. The number of halogens is 4. The summed E-state index contributed by atoms with van der Waals surface area (Å²) in [7, 11) is 1.55. The number of ether oxygens (including phenoxy) is 1. The summed E-state index contributed by atoms with van der Waals surface area (Å²) in [5.41, 5.74) is 1.12. The van der Waals surface area contributed by atoms with Gasteiger partial charge in [-0.2, -0.15) is 0 Å². The lowest BCUT2D eigenvalue weighted by Gasteiger charge is -2.27. The maximum Gasteiger partial charge on any atom is 0.252 e. The van der Waals surface area contributed by atoms with Gasteiger partial charge in [-0.1, -0.05) is 50.7 Å². The van der Waals surface area contributed by atoms with Gasteiger partial charge in [0.15, 0.2) is 0 Å². The van der Waals surface area contributed by atoms with Crippen LogP contribution in [0.15, 0.2) is 53.0 Å². The van der Waals surface area contributed by atoms with E-state index in [2.05, 4.69) is 26.6 Å². The van der Waals surface area contributed by atoms with Crippen molar-refractivity contribution < 1.29 is 9.53 Å². The Morgan fingerprint density at radius 1 is 1.08 bits per heavy atom. The number of rotatable bonds is 5. The summed E-state index contributed by atoms with van der Waals surface area (Å²) in [6.07, 6.45) is -0.918. The molecule has 0 aliphatic rings. The first-order valence-corrected chi connectivity index (χ1v) is 8.76. The lowest BCUT2D eigenvalue weighted by atomic mass is 10.2. The highest BCUT2D eigenvalue weighted by Gasteiger charge is 2.34. The smallest absolute Gasteiger partial charge is 0.252 e. The largest absolute Gasteiger partial charge is 0.497 e. The van der Waals surface area contributed by atoms with Crippen LogP contribution in [0.1, 0.15) is 10.4 Å². The van der Waals surface area contributed by atoms with Gasteiger partial charge in [-0.15, -0.1) is 0 Å². The van der Waals surface area contributed by atoms with Gasteiger partial charge in [0.2, 0.25) is 3.79 Å². The van der Waals surface area contributed by atoms with Gasteiger partial charge in [-0.25, -0.2) is 0 Å². The Hall–Kier alpha value is -1.14. The molecule has 2 N–H and O–H groups in total. The molecule has 1 unspecified atom stereocenters. The maximum atomic E-state index is 12.4. The highest BCUT2D eigenvalue weighted by Crippen LogP contribution is 2.31. The van der Waals surface area contributed by atoms with Crippen LogP contribution >= 0.6 is 50.7 Å². The molecule has 0 saturated carbocycles. The van der Waals surface area contributed by atoms with Crippen LogP contribution in [-0.4, -0.2) is 23.0 Å². The van der Waals surface area contributed by atoms with E-state index < -0.39 is 9.96 Å². The van der Waals surface area contributed by atoms with Crippen molar-refractivity contribution in [3.8, 4) is 5.75 Å². The third-order valence-electron chi connectivity index (χ3n) is 3.11. The van der Waals surface area contributed by atoms with Gasteiger partial charge in [0.05, 0.1) is 7.11 Å². The third-order valence-corrected chi connectivity index (χ3v) is 4.29. The molecule has 0 radical (unpaired) electrons. The molecule has 0 fully saturated rings. The van der Waals surface area contributed by atoms with E-state index in [0.717, 1.165) is 4.47 Å². The normalized spacial score (nSPS) is 12.4. The third kappa shape index (κ3) is 5.45. The molecule has 2 aromatic rings. The average Bonchev–Trinajstić information content (AvgIpc) is 2.55. The number of hydrogen-bond donors (Lipinski definition) is 2. The molecule has 1 atom stereocenters. The molecule has 0 bridgehead atoms. The Bertz CT molecular complexity index is 688. The minimum atomic E-state index is -1.74. The van der Waals surface area contributed by atoms with Gasteiger partial charge in [-0.3, -0.25) is 4.79 Å². The number of anilines is 1. The van der Waals surface area contributed by atoms with Gasteiger partial charge in [0.25, 0.3) is 5.91 Å². The number of carbonyl (C=O) groups excluding carboxylic acids is 1. The zero-order valence-corrected chi connectivity index (χ0v) is 16.4. The van der Waals surface area contributed by atoms with Crippen LogP contribution in [0.25, 0.3) is 0 Å². The first-order valence-electron chi connectivity index (χ1n) is 6.83. The molecular formula is C16H14BrCl3N2O2. The Morgan fingerprint density at radius 3 is 2.17 bits per heavy atom. The number of methoxy groups -OCH3 is 1. The molecule has 2 rings (SSSR count). The molecule has 8 heteroatoms. The number of carbonyl (C=O) groups is 1. The Balaban J connectivity index is 2.13. The van der Waals surface area contributed by atoms with Gasteiger partial charge < -0.3 is 15.4 Å².